The van der Waals surface area contributed by atoms with Crippen molar-refractivity contribution in [2.45, 2.75) is 44.6 Å². The van der Waals surface area contributed by atoms with Crippen LogP contribution in [0, 0.1) is 5.82 Å². The number of hydrogen-bond donors (Lipinski definition) is 1. The molecule has 1 aliphatic rings. The second kappa shape index (κ2) is 9.48. The van der Waals surface area contributed by atoms with Crippen LogP contribution in [-0.2, 0) is 0 Å². The van der Waals surface area contributed by atoms with Crippen LogP contribution in [-0.4, -0.2) is 21.9 Å². The average Bonchev–Trinajstić information content (AvgIpc) is 3.05. The summed E-state index contributed by atoms with van der Waals surface area (Å²) in [4.78, 5) is 21.0. The van der Waals surface area contributed by atoms with E-state index in [9.17, 15) is 9.18 Å². The first-order valence-corrected chi connectivity index (χ1v) is 10.3. The highest BCUT2D eigenvalue weighted by Crippen LogP contribution is 2.22. The third-order valence-corrected chi connectivity index (χ3v) is 5.32. The fourth-order valence-corrected chi connectivity index (χ4v) is 3.63. The summed E-state index contributed by atoms with van der Waals surface area (Å²) in [5, 5.41) is 3.16. The smallest absolute Gasteiger partial charge is 0.321 e. The van der Waals surface area contributed by atoms with Gasteiger partial charge in [-0.15, -0.1) is 0 Å². The van der Waals surface area contributed by atoms with E-state index in [1.54, 1.807) is 12.4 Å². The van der Waals surface area contributed by atoms with Crippen molar-refractivity contribution in [3.05, 3.63) is 72.3 Å². The largest absolute Gasteiger partial charge is 0.424 e. The average molecular weight is 405 g/mol. The quantitative estimate of drug-likeness (QED) is 0.567. The molecule has 1 heterocycles. The maximum atomic E-state index is 13.0. The van der Waals surface area contributed by atoms with Crippen LogP contribution < -0.4 is 10.1 Å². The first-order valence-electron chi connectivity index (χ1n) is 10.3. The summed E-state index contributed by atoms with van der Waals surface area (Å²) in [6.07, 6.45) is 10.3. The molecule has 0 bridgehead atoms. The van der Waals surface area contributed by atoms with Gasteiger partial charge in [-0.1, -0.05) is 37.8 Å². The van der Waals surface area contributed by atoms with Gasteiger partial charge in [0.05, 0.1) is 0 Å². The molecule has 2 aromatic carbocycles. The standard InChI is InChI=1S/C24H24FN3O2/c25-20-11-13-22(14-12-20)30-24-26-15-19(16-27-24)17-7-9-18(10-8-17)23(29)28-21-5-3-1-2-4-6-21/h7-16,21H,1-6H2,(H,28,29). The van der Waals surface area contributed by atoms with Crippen LogP contribution in [0.5, 0.6) is 11.8 Å². The summed E-state index contributed by atoms with van der Waals surface area (Å²) in [5.41, 5.74) is 2.38. The highest BCUT2D eigenvalue weighted by Gasteiger charge is 2.15. The Morgan fingerprint density at radius 2 is 1.50 bits per heavy atom. The zero-order valence-corrected chi connectivity index (χ0v) is 16.7. The summed E-state index contributed by atoms with van der Waals surface area (Å²) in [6.45, 7) is 0. The van der Waals surface area contributed by atoms with Crippen molar-refractivity contribution in [3.8, 4) is 22.9 Å². The highest BCUT2D eigenvalue weighted by atomic mass is 19.1. The Balaban J connectivity index is 1.38. The molecule has 0 spiro atoms. The van der Waals surface area contributed by atoms with Gasteiger partial charge in [0.15, 0.2) is 0 Å². The number of aromatic nitrogens is 2. The van der Waals surface area contributed by atoms with Crippen LogP contribution in [0.15, 0.2) is 60.9 Å². The van der Waals surface area contributed by atoms with Crippen molar-refractivity contribution < 1.29 is 13.9 Å². The van der Waals surface area contributed by atoms with E-state index >= 15 is 0 Å². The molecule has 154 valence electrons. The predicted octanol–water partition coefficient (Wildman–Crippen LogP) is 5.53. The first-order chi connectivity index (χ1) is 14.7. The van der Waals surface area contributed by atoms with Gasteiger partial charge in [0.25, 0.3) is 5.91 Å². The van der Waals surface area contributed by atoms with Gasteiger partial charge < -0.3 is 10.1 Å². The number of carbonyl (C=O) groups excluding carboxylic acids is 1. The van der Waals surface area contributed by atoms with Crippen molar-refractivity contribution in [3.63, 3.8) is 0 Å². The van der Waals surface area contributed by atoms with E-state index < -0.39 is 0 Å². The highest BCUT2D eigenvalue weighted by molar-refractivity contribution is 5.94. The lowest BCUT2D eigenvalue weighted by atomic mass is 10.1. The number of amides is 1. The number of ether oxygens (including phenoxy) is 1. The second-order valence-electron chi connectivity index (χ2n) is 7.55. The van der Waals surface area contributed by atoms with E-state index in [-0.39, 0.29) is 23.8 Å². The molecule has 3 aromatic rings. The van der Waals surface area contributed by atoms with Crippen molar-refractivity contribution in [2.75, 3.05) is 0 Å². The molecule has 1 fully saturated rings. The van der Waals surface area contributed by atoms with Crippen LogP contribution in [0.25, 0.3) is 11.1 Å². The Morgan fingerprint density at radius 3 is 2.13 bits per heavy atom. The Labute approximate surface area is 175 Å². The van der Waals surface area contributed by atoms with Gasteiger partial charge in [-0.05, 0) is 54.8 Å². The minimum atomic E-state index is -0.329. The number of carbonyl (C=O) groups is 1. The molecule has 1 aromatic heterocycles. The van der Waals surface area contributed by atoms with Crippen LogP contribution in [0.1, 0.15) is 48.9 Å². The van der Waals surface area contributed by atoms with Gasteiger partial charge in [0.2, 0.25) is 0 Å². The van der Waals surface area contributed by atoms with Gasteiger partial charge in [-0.3, -0.25) is 4.79 Å². The monoisotopic (exact) mass is 405 g/mol. The predicted molar refractivity (Wildman–Crippen MR) is 113 cm³/mol. The van der Waals surface area contributed by atoms with E-state index in [0.717, 1.165) is 24.0 Å². The van der Waals surface area contributed by atoms with Gasteiger partial charge in [0, 0.05) is 29.6 Å². The summed E-state index contributed by atoms with van der Waals surface area (Å²) in [6, 6.07) is 13.6. The normalized spacial score (nSPS) is 14.7. The molecule has 4 rings (SSSR count). The molecule has 0 radical (unpaired) electrons. The summed E-state index contributed by atoms with van der Waals surface area (Å²) in [7, 11) is 0. The number of nitrogens with zero attached hydrogens (tertiary/aromatic N) is 2. The van der Waals surface area contributed by atoms with Crippen LogP contribution in [0.4, 0.5) is 4.39 Å². The van der Waals surface area contributed by atoms with E-state index in [1.807, 2.05) is 24.3 Å². The third-order valence-electron chi connectivity index (χ3n) is 5.32. The molecule has 1 saturated carbocycles. The topological polar surface area (TPSA) is 64.1 Å². The molecule has 6 heteroatoms. The lowest BCUT2D eigenvalue weighted by molar-refractivity contribution is 0.0933. The number of nitrogens with one attached hydrogen (secondary N) is 1. The Hall–Kier alpha value is -3.28. The minimum Gasteiger partial charge on any atom is -0.424 e. The van der Waals surface area contributed by atoms with E-state index in [2.05, 4.69) is 15.3 Å². The van der Waals surface area contributed by atoms with Crippen molar-refractivity contribution >= 4 is 5.91 Å². The number of hydrogen-bond acceptors (Lipinski definition) is 4. The summed E-state index contributed by atoms with van der Waals surface area (Å²) >= 11 is 0. The van der Waals surface area contributed by atoms with Crippen molar-refractivity contribution in [2.24, 2.45) is 0 Å². The number of rotatable bonds is 5. The Morgan fingerprint density at radius 1 is 0.867 bits per heavy atom. The molecule has 1 aliphatic carbocycles. The van der Waals surface area contributed by atoms with Crippen LogP contribution in [0.2, 0.25) is 0 Å². The molecule has 30 heavy (non-hydrogen) atoms. The lowest BCUT2D eigenvalue weighted by Crippen LogP contribution is -2.34. The zero-order chi connectivity index (χ0) is 20.8. The minimum absolute atomic E-state index is 0.0206. The van der Waals surface area contributed by atoms with E-state index in [1.165, 1.54) is 49.9 Å². The summed E-state index contributed by atoms with van der Waals surface area (Å²) in [5.74, 6) is 0.117. The number of halogens is 1. The number of benzene rings is 2. The molecular weight excluding hydrogens is 381 g/mol. The molecular formula is C24H24FN3O2. The SMILES string of the molecule is O=C(NC1CCCCCC1)c1ccc(-c2cnc(Oc3ccc(F)cc3)nc2)cc1. The van der Waals surface area contributed by atoms with Gasteiger partial charge in [-0.2, -0.15) is 0 Å². The molecule has 0 atom stereocenters. The lowest BCUT2D eigenvalue weighted by Gasteiger charge is -2.16. The fourth-order valence-electron chi connectivity index (χ4n) is 3.63. The maximum Gasteiger partial charge on any atom is 0.321 e. The fraction of sp³-hybridized carbons (Fsp3) is 0.292. The third kappa shape index (κ3) is 5.20. The summed E-state index contributed by atoms with van der Waals surface area (Å²) < 4.78 is 18.5. The van der Waals surface area contributed by atoms with Crippen LogP contribution in [0.3, 0.4) is 0 Å². The van der Waals surface area contributed by atoms with Gasteiger partial charge >= 0.3 is 6.01 Å². The first kappa shape index (κ1) is 20.0. The molecule has 1 N–H and O–H groups in total. The van der Waals surface area contributed by atoms with E-state index in [0.29, 0.717) is 11.3 Å². The Bertz CT molecular complexity index is 965. The second-order valence-corrected chi connectivity index (χ2v) is 7.55. The molecule has 5 nitrogen and oxygen atoms in total. The molecule has 1 amide bonds. The molecule has 0 saturated heterocycles. The maximum absolute atomic E-state index is 13.0. The Kier molecular flexibility index (Phi) is 6.32. The molecule has 0 aliphatic heterocycles. The van der Waals surface area contributed by atoms with Gasteiger partial charge in [-0.25, -0.2) is 14.4 Å². The van der Waals surface area contributed by atoms with Crippen molar-refractivity contribution in [1.82, 2.24) is 15.3 Å². The van der Waals surface area contributed by atoms with Crippen LogP contribution >= 0.6 is 0 Å². The van der Waals surface area contributed by atoms with Gasteiger partial charge in [0.1, 0.15) is 11.6 Å². The zero-order valence-electron chi connectivity index (χ0n) is 16.7. The van der Waals surface area contributed by atoms with Crippen molar-refractivity contribution in [1.29, 1.82) is 0 Å². The van der Waals surface area contributed by atoms with E-state index in [4.69, 9.17) is 4.74 Å². The molecule has 0 unspecified atom stereocenters.